The normalized spacial score (nSPS) is 24.3. The maximum atomic E-state index is 12.7. The van der Waals surface area contributed by atoms with Gasteiger partial charge in [0.1, 0.15) is 6.04 Å². The molecule has 0 bridgehead atoms. The van der Waals surface area contributed by atoms with E-state index in [9.17, 15) is 9.59 Å². The van der Waals surface area contributed by atoms with Gasteiger partial charge < -0.3 is 15.5 Å². The second-order valence-electron chi connectivity index (χ2n) is 6.12. The molecule has 23 heavy (non-hydrogen) atoms. The zero-order valence-corrected chi connectivity index (χ0v) is 14.2. The van der Waals surface area contributed by atoms with Crippen LogP contribution in [0.25, 0.3) is 0 Å². The second-order valence-corrected chi connectivity index (χ2v) is 6.93. The average molecular weight is 356 g/mol. The molecule has 1 aromatic carbocycles. The first-order valence-corrected chi connectivity index (χ1v) is 8.53. The van der Waals surface area contributed by atoms with Gasteiger partial charge in [0.25, 0.3) is 5.91 Å². The Kier molecular flexibility index (Phi) is 4.80. The second kappa shape index (κ2) is 6.67. The molecule has 2 saturated heterocycles. The van der Waals surface area contributed by atoms with Crippen LogP contribution in [-0.4, -0.2) is 53.3 Å². The van der Waals surface area contributed by atoms with Gasteiger partial charge in [0.05, 0.1) is 10.0 Å². The third-order valence-electron chi connectivity index (χ3n) is 4.50. The summed E-state index contributed by atoms with van der Waals surface area (Å²) in [5.74, 6) is -0.174. The summed E-state index contributed by atoms with van der Waals surface area (Å²) in [6, 6.07) is 4.44. The molecule has 2 heterocycles. The lowest BCUT2D eigenvalue weighted by atomic mass is 10.1. The van der Waals surface area contributed by atoms with Crippen LogP contribution in [0, 0.1) is 0 Å². The average Bonchev–Trinajstić information content (AvgIpc) is 3.17. The highest BCUT2D eigenvalue weighted by Gasteiger charge is 2.38. The summed E-state index contributed by atoms with van der Waals surface area (Å²) in [5.41, 5.74) is 6.33. The fourth-order valence-corrected chi connectivity index (χ4v) is 3.56. The van der Waals surface area contributed by atoms with E-state index in [1.165, 1.54) is 0 Å². The lowest BCUT2D eigenvalue weighted by molar-refractivity contribution is -0.134. The van der Waals surface area contributed by atoms with Gasteiger partial charge in [-0.3, -0.25) is 9.59 Å². The quantitative estimate of drug-likeness (QED) is 0.883. The largest absolute Gasteiger partial charge is 0.339 e. The third-order valence-corrected chi connectivity index (χ3v) is 5.24. The predicted molar refractivity (Wildman–Crippen MR) is 89.7 cm³/mol. The van der Waals surface area contributed by atoms with Crippen molar-refractivity contribution >= 4 is 35.0 Å². The Balaban J connectivity index is 1.76. The molecule has 7 heteroatoms. The summed E-state index contributed by atoms with van der Waals surface area (Å²) in [7, 11) is 0. The first-order valence-electron chi connectivity index (χ1n) is 7.78. The Morgan fingerprint density at radius 2 is 1.91 bits per heavy atom. The van der Waals surface area contributed by atoms with Gasteiger partial charge in [0.2, 0.25) is 5.91 Å². The van der Waals surface area contributed by atoms with E-state index in [4.69, 9.17) is 28.9 Å². The molecule has 2 fully saturated rings. The smallest absolute Gasteiger partial charge is 0.254 e. The van der Waals surface area contributed by atoms with Gasteiger partial charge in [-0.2, -0.15) is 0 Å². The Hall–Kier alpha value is -1.30. The van der Waals surface area contributed by atoms with Crippen molar-refractivity contribution in [2.45, 2.75) is 31.3 Å². The first kappa shape index (κ1) is 16.6. The molecular weight excluding hydrogens is 337 g/mol. The summed E-state index contributed by atoms with van der Waals surface area (Å²) < 4.78 is 0. The summed E-state index contributed by atoms with van der Waals surface area (Å²) in [6.45, 7) is 1.82. The molecule has 0 aromatic heterocycles. The van der Waals surface area contributed by atoms with Crippen LogP contribution in [0.15, 0.2) is 18.2 Å². The first-order chi connectivity index (χ1) is 11.0. The monoisotopic (exact) mass is 355 g/mol. The molecule has 2 aliphatic heterocycles. The van der Waals surface area contributed by atoms with Crippen molar-refractivity contribution in [3.05, 3.63) is 33.8 Å². The molecule has 0 aliphatic carbocycles. The lowest BCUT2D eigenvalue weighted by Crippen LogP contribution is -2.47. The van der Waals surface area contributed by atoms with E-state index >= 15 is 0 Å². The molecule has 1 aromatic rings. The van der Waals surface area contributed by atoms with Gasteiger partial charge in [0, 0.05) is 31.2 Å². The fourth-order valence-electron chi connectivity index (χ4n) is 3.26. The summed E-state index contributed by atoms with van der Waals surface area (Å²) in [4.78, 5) is 28.8. The van der Waals surface area contributed by atoms with Crippen molar-refractivity contribution in [2.24, 2.45) is 5.73 Å². The number of carbonyl (C=O) groups excluding carboxylic acids is 2. The van der Waals surface area contributed by atoms with Crippen LogP contribution in [0.3, 0.4) is 0 Å². The zero-order valence-electron chi connectivity index (χ0n) is 12.7. The van der Waals surface area contributed by atoms with Crippen molar-refractivity contribution in [2.75, 3.05) is 19.6 Å². The van der Waals surface area contributed by atoms with E-state index < -0.39 is 6.04 Å². The van der Waals surface area contributed by atoms with Gasteiger partial charge in [-0.15, -0.1) is 0 Å². The lowest BCUT2D eigenvalue weighted by Gasteiger charge is -2.28. The standard InChI is InChI=1S/C16H19Cl2N3O2/c17-12-4-3-10(8-13(12)18)15(22)21-6-1-2-14(21)16(23)20-7-5-11(19)9-20/h3-4,8,11,14H,1-2,5-7,9,19H2/t11-,14?/m1/s1. The molecule has 1 unspecified atom stereocenters. The van der Waals surface area contributed by atoms with Gasteiger partial charge in [-0.25, -0.2) is 0 Å². The summed E-state index contributed by atoms with van der Waals surface area (Å²) in [5, 5.41) is 0.744. The van der Waals surface area contributed by atoms with Crippen LogP contribution >= 0.6 is 23.2 Å². The minimum Gasteiger partial charge on any atom is -0.339 e. The SMILES string of the molecule is N[C@@H]1CCN(C(=O)C2CCCN2C(=O)c2ccc(Cl)c(Cl)c2)C1. The summed E-state index contributed by atoms with van der Waals surface area (Å²) in [6.07, 6.45) is 2.33. The maximum absolute atomic E-state index is 12.7. The number of nitrogens with two attached hydrogens (primary N) is 1. The topological polar surface area (TPSA) is 66.6 Å². The van der Waals surface area contributed by atoms with Crippen molar-refractivity contribution < 1.29 is 9.59 Å². The molecule has 2 N–H and O–H groups in total. The molecule has 2 amide bonds. The molecule has 3 rings (SSSR count). The highest BCUT2D eigenvalue weighted by atomic mass is 35.5. The number of amides is 2. The van der Waals surface area contributed by atoms with E-state index in [1.807, 2.05) is 0 Å². The van der Waals surface area contributed by atoms with Crippen LogP contribution in [-0.2, 0) is 4.79 Å². The van der Waals surface area contributed by atoms with E-state index in [0.29, 0.717) is 41.7 Å². The number of hydrogen-bond acceptors (Lipinski definition) is 3. The van der Waals surface area contributed by atoms with Crippen molar-refractivity contribution in [1.82, 2.24) is 9.80 Å². The molecule has 124 valence electrons. The Morgan fingerprint density at radius 1 is 1.13 bits per heavy atom. The van der Waals surface area contributed by atoms with E-state index in [-0.39, 0.29) is 17.9 Å². The van der Waals surface area contributed by atoms with E-state index in [0.717, 1.165) is 12.8 Å². The maximum Gasteiger partial charge on any atom is 0.254 e. The minimum atomic E-state index is -0.401. The Labute approximate surface area is 145 Å². The van der Waals surface area contributed by atoms with Crippen molar-refractivity contribution in [3.8, 4) is 0 Å². The van der Waals surface area contributed by atoms with Gasteiger partial charge >= 0.3 is 0 Å². The third kappa shape index (κ3) is 3.32. The minimum absolute atomic E-state index is 0.00357. The van der Waals surface area contributed by atoms with Crippen LogP contribution in [0.5, 0.6) is 0 Å². The molecule has 0 saturated carbocycles. The molecular formula is C16H19Cl2N3O2. The van der Waals surface area contributed by atoms with Crippen molar-refractivity contribution in [3.63, 3.8) is 0 Å². The highest BCUT2D eigenvalue weighted by Crippen LogP contribution is 2.27. The highest BCUT2D eigenvalue weighted by molar-refractivity contribution is 6.42. The van der Waals surface area contributed by atoms with Crippen LogP contribution in [0.2, 0.25) is 10.0 Å². The summed E-state index contributed by atoms with van der Waals surface area (Å²) >= 11 is 11.9. The fraction of sp³-hybridized carbons (Fsp3) is 0.500. The van der Waals surface area contributed by atoms with E-state index in [2.05, 4.69) is 0 Å². The number of carbonyl (C=O) groups is 2. The molecule has 5 nitrogen and oxygen atoms in total. The number of rotatable bonds is 2. The van der Waals surface area contributed by atoms with Crippen LogP contribution in [0.1, 0.15) is 29.6 Å². The van der Waals surface area contributed by atoms with Gasteiger partial charge in [-0.1, -0.05) is 23.2 Å². The number of likely N-dealkylation sites (tertiary alicyclic amines) is 2. The predicted octanol–water partition coefficient (Wildman–Crippen LogP) is 2.16. The molecule has 2 atom stereocenters. The van der Waals surface area contributed by atoms with Crippen LogP contribution < -0.4 is 5.73 Å². The van der Waals surface area contributed by atoms with E-state index in [1.54, 1.807) is 28.0 Å². The number of hydrogen-bond donors (Lipinski definition) is 1. The van der Waals surface area contributed by atoms with Crippen molar-refractivity contribution in [1.29, 1.82) is 0 Å². The molecule has 2 aliphatic rings. The Morgan fingerprint density at radius 3 is 2.57 bits per heavy atom. The number of halogens is 2. The molecule has 0 radical (unpaired) electrons. The van der Waals surface area contributed by atoms with Gasteiger partial charge in [0.15, 0.2) is 0 Å². The van der Waals surface area contributed by atoms with Crippen LogP contribution in [0.4, 0.5) is 0 Å². The number of nitrogens with zero attached hydrogens (tertiary/aromatic N) is 2. The Bertz CT molecular complexity index is 638. The number of benzene rings is 1. The van der Waals surface area contributed by atoms with Gasteiger partial charge in [-0.05, 0) is 37.5 Å². The zero-order chi connectivity index (χ0) is 16.6. The molecule has 0 spiro atoms.